The summed E-state index contributed by atoms with van der Waals surface area (Å²) in [5.74, 6) is -0.496. The molecule has 0 saturated heterocycles. The Morgan fingerprint density at radius 3 is 2.22 bits per heavy atom. The molecule has 1 heterocycles. The second kappa shape index (κ2) is 2.38. The lowest BCUT2D eigenvalue weighted by Crippen LogP contribution is -1.86. The van der Waals surface area contributed by atoms with Crippen molar-refractivity contribution in [2.24, 2.45) is 7.05 Å². The molecule has 0 atom stereocenters. The average molecular weight is 258 g/mol. The molecular weight excluding hydrogens is 255 g/mol. The van der Waals surface area contributed by atoms with Gasteiger partial charge in [0.25, 0.3) is 0 Å². The summed E-state index contributed by atoms with van der Waals surface area (Å²) < 4.78 is 14.8. The van der Waals surface area contributed by atoms with Crippen molar-refractivity contribution in [2.75, 3.05) is 0 Å². The monoisotopic (exact) mass is 256 g/mol. The van der Waals surface area contributed by atoms with Gasteiger partial charge in [-0.2, -0.15) is 9.37 Å². The number of hydrogen-bond acceptors (Lipinski definition) is 1. The molecule has 0 unspecified atom stereocenters. The van der Waals surface area contributed by atoms with Crippen molar-refractivity contribution >= 4 is 31.9 Å². The van der Waals surface area contributed by atoms with Gasteiger partial charge in [-0.15, -0.1) is 0 Å². The van der Waals surface area contributed by atoms with Gasteiger partial charge < -0.3 is 4.57 Å². The first kappa shape index (κ1) is 7.21. The lowest BCUT2D eigenvalue weighted by molar-refractivity contribution is 0.580. The summed E-state index contributed by atoms with van der Waals surface area (Å²) in [4.78, 5) is 3.48. The lowest BCUT2D eigenvalue weighted by Gasteiger charge is -1.90. The van der Waals surface area contributed by atoms with Crippen LogP contribution in [0.2, 0.25) is 0 Å². The van der Waals surface area contributed by atoms with Crippen molar-refractivity contribution in [1.29, 1.82) is 0 Å². The Morgan fingerprint density at radius 1 is 1.56 bits per heavy atom. The van der Waals surface area contributed by atoms with Gasteiger partial charge in [0.1, 0.15) is 4.60 Å². The van der Waals surface area contributed by atoms with E-state index in [1.165, 1.54) is 0 Å². The summed E-state index contributed by atoms with van der Waals surface area (Å²) in [7, 11) is 1.70. The molecule has 0 saturated carbocycles. The van der Waals surface area contributed by atoms with Crippen LogP contribution in [0.5, 0.6) is 0 Å². The topological polar surface area (TPSA) is 17.8 Å². The van der Waals surface area contributed by atoms with Gasteiger partial charge in [-0.05, 0) is 31.9 Å². The fourth-order valence-electron chi connectivity index (χ4n) is 0.422. The molecule has 50 valence electrons. The first-order chi connectivity index (χ1) is 4.13. The molecule has 1 aromatic rings. The third kappa shape index (κ3) is 1.16. The molecule has 0 aromatic carbocycles. The van der Waals surface area contributed by atoms with Gasteiger partial charge in [-0.1, -0.05) is 0 Å². The molecule has 0 bridgehead atoms. The molecule has 0 aliphatic carbocycles. The number of hydrogen-bond donors (Lipinski definition) is 0. The Morgan fingerprint density at radius 2 is 2.11 bits per heavy atom. The van der Waals surface area contributed by atoms with Crippen molar-refractivity contribution < 1.29 is 4.39 Å². The Bertz CT molecular complexity index is 210. The van der Waals surface area contributed by atoms with Crippen molar-refractivity contribution in [2.45, 2.75) is 0 Å². The third-order valence-electron chi connectivity index (χ3n) is 0.932. The van der Waals surface area contributed by atoms with Crippen LogP contribution in [0.4, 0.5) is 4.39 Å². The third-order valence-corrected chi connectivity index (χ3v) is 2.50. The molecule has 1 rings (SSSR count). The maximum atomic E-state index is 12.4. The Kier molecular flexibility index (Phi) is 1.91. The summed E-state index contributed by atoms with van der Waals surface area (Å²) >= 11 is 6.04. The first-order valence-electron chi connectivity index (χ1n) is 2.16. The van der Waals surface area contributed by atoms with Crippen molar-refractivity contribution in [3.05, 3.63) is 15.3 Å². The smallest absolute Gasteiger partial charge is 0.246 e. The summed E-state index contributed by atoms with van der Waals surface area (Å²) in [5.41, 5.74) is 0. The van der Waals surface area contributed by atoms with Crippen LogP contribution in [0, 0.1) is 5.95 Å². The van der Waals surface area contributed by atoms with E-state index >= 15 is 0 Å². The van der Waals surface area contributed by atoms with E-state index in [2.05, 4.69) is 36.8 Å². The van der Waals surface area contributed by atoms with Crippen LogP contribution in [0.15, 0.2) is 9.34 Å². The zero-order chi connectivity index (χ0) is 7.02. The predicted molar refractivity (Wildman–Crippen MR) is 38.6 cm³/mol. The van der Waals surface area contributed by atoms with Gasteiger partial charge in [-0.25, -0.2) is 0 Å². The van der Waals surface area contributed by atoms with E-state index in [0.717, 1.165) is 0 Å². The second-order valence-corrected chi connectivity index (χ2v) is 2.98. The molecule has 0 fully saturated rings. The minimum atomic E-state index is -0.496. The van der Waals surface area contributed by atoms with Crippen LogP contribution in [0.3, 0.4) is 0 Å². The molecule has 0 amide bonds. The molecule has 9 heavy (non-hydrogen) atoms. The van der Waals surface area contributed by atoms with E-state index in [4.69, 9.17) is 0 Å². The van der Waals surface area contributed by atoms with E-state index in [9.17, 15) is 4.39 Å². The lowest BCUT2D eigenvalue weighted by atomic mass is 10.9. The summed E-state index contributed by atoms with van der Waals surface area (Å²) in [6.07, 6.45) is 0. The highest BCUT2D eigenvalue weighted by atomic mass is 79.9. The SMILES string of the molecule is Cn1c(Br)nc(F)c1Br. The van der Waals surface area contributed by atoms with Crippen molar-refractivity contribution in [1.82, 2.24) is 9.55 Å². The molecule has 2 nitrogen and oxygen atoms in total. The van der Waals surface area contributed by atoms with Gasteiger partial charge in [-0.3, -0.25) is 0 Å². The van der Waals surface area contributed by atoms with Crippen LogP contribution < -0.4 is 0 Å². The second-order valence-electron chi connectivity index (χ2n) is 1.52. The number of nitrogens with zero attached hydrogens (tertiary/aromatic N) is 2. The summed E-state index contributed by atoms with van der Waals surface area (Å²) in [6, 6.07) is 0. The fraction of sp³-hybridized carbons (Fsp3) is 0.250. The largest absolute Gasteiger partial charge is 0.314 e. The molecule has 1 aromatic heterocycles. The quantitative estimate of drug-likeness (QED) is 0.696. The van der Waals surface area contributed by atoms with E-state index < -0.39 is 5.95 Å². The van der Waals surface area contributed by atoms with Crippen molar-refractivity contribution in [3.8, 4) is 0 Å². The van der Waals surface area contributed by atoms with E-state index in [0.29, 0.717) is 9.34 Å². The minimum Gasteiger partial charge on any atom is -0.314 e. The van der Waals surface area contributed by atoms with Gasteiger partial charge in [0.2, 0.25) is 5.95 Å². The summed E-state index contributed by atoms with van der Waals surface area (Å²) in [6.45, 7) is 0. The highest BCUT2D eigenvalue weighted by Gasteiger charge is 2.07. The first-order valence-corrected chi connectivity index (χ1v) is 3.74. The number of rotatable bonds is 0. The number of aromatic nitrogens is 2. The Hall–Kier alpha value is 0.1000. The zero-order valence-corrected chi connectivity index (χ0v) is 7.70. The van der Waals surface area contributed by atoms with Crippen molar-refractivity contribution in [3.63, 3.8) is 0 Å². The molecular formula is C4H3Br2FN2. The van der Waals surface area contributed by atoms with Crippen LogP contribution in [0.1, 0.15) is 0 Å². The Balaban J connectivity index is 3.29. The standard InChI is InChI=1S/C4H3Br2FN2/c1-9-2(5)3(7)8-4(9)6/h1H3. The van der Waals surface area contributed by atoms with Gasteiger partial charge >= 0.3 is 0 Å². The molecule has 5 heteroatoms. The van der Waals surface area contributed by atoms with E-state index in [1.807, 2.05) is 0 Å². The van der Waals surface area contributed by atoms with E-state index in [1.54, 1.807) is 11.6 Å². The summed E-state index contributed by atoms with van der Waals surface area (Å²) in [5, 5.41) is 0. The van der Waals surface area contributed by atoms with Crippen LogP contribution in [-0.4, -0.2) is 9.55 Å². The molecule has 0 N–H and O–H groups in total. The van der Waals surface area contributed by atoms with Crippen LogP contribution >= 0.6 is 31.9 Å². The van der Waals surface area contributed by atoms with Gasteiger partial charge in [0.05, 0.1) is 0 Å². The average Bonchev–Trinajstić information content (AvgIpc) is 1.98. The fourth-order valence-corrected chi connectivity index (χ4v) is 1.25. The molecule has 0 radical (unpaired) electrons. The highest BCUT2D eigenvalue weighted by molar-refractivity contribution is 9.11. The predicted octanol–water partition coefficient (Wildman–Crippen LogP) is 2.08. The van der Waals surface area contributed by atoms with Crippen LogP contribution in [-0.2, 0) is 7.05 Å². The Labute approximate surface area is 68.3 Å². The molecule has 0 spiro atoms. The normalized spacial score (nSPS) is 10.2. The van der Waals surface area contributed by atoms with Gasteiger partial charge in [0.15, 0.2) is 4.73 Å². The minimum absolute atomic E-state index is 0.356. The number of halogens is 3. The zero-order valence-electron chi connectivity index (χ0n) is 4.53. The van der Waals surface area contributed by atoms with E-state index in [-0.39, 0.29) is 0 Å². The maximum absolute atomic E-state index is 12.4. The molecule has 0 aliphatic heterocycles. The number of imidazole rings is 1. The van der Waals surface area contributed by atoms with Crippen LogP contribution in [0.25, 0.3) is 0 Å². The maximum Gasteiger partial charge on any atom is 0.246 e. The molecule has 0 aliphatic rings. The van der Waals surface area contributed by atoms with Gasteiger partial charge in [0, 0.05) is 7.05 Å². The highest BCUT2D eigenvalue weighted by Crippen LogP contribution is 2.18.